The van der Waals surface area contributed by atoms with Gasteiger partial charge in [-0.15, -0.1) is 12.4 Å². The molecule has 1 aromatic rings. The van der Waals surface area contributed by atoms with E-state index < -0.39 is 0 Å². The Labute approximate surface area is 150 Å². The van der Waals surface area contributed by atoms with Gasteiger partial charge in [0.1, 0.15) is 0 Å². The van der Waals surface area contributed by atoms with Crippen molar-refractivity contribution < 1.29 is 9.59 Å². The van der Waals surface area contributed by atoms with Gasteiger partial charge < -0.3 is 16.0 Å². The van der Waals surface area contributed by atoms with E-state index in [4.69, 9.17) is 5.73 Å². The number of nitrogens with zero attached hydrogens (tertiary/aromatic N) is 1. The average molecular weight is 354 g/mol. The molecule has 0 radical (unpaired) electrons. The molecule has 1 fully saturated rings. The van der Waals surface area contributed by atoms with Crippen LogP contribution in [0.3, 0.4) is 0 Å². The third-order valence-electron chi connectivity index (χ3n) is 4.49. The number of nitrogens with two attached hydrogens (primary N) is 1. The number of carbonyl (C=O) groups is 2. The van der Waals surface area contributed by atoms with E-state index in [0.717, 1.165) is 13.1 Å². The number of nitrogens with one attached hydrogen (secondary N) is 1. The number of rotatable bonds is 7. The predicted octanol–water partition coefficient (Wildman–Crippen LogP) is 1.92. The molecule has 0 saturated carbocycles. The molecule has 0 unspecified atom stereocenters. The lowest BCUT2D eigenvalue weighted by Gasteiger charge is -2.16. The number of carbonyl (C=O) groups excluding carboxylic acids is 2. The average Bonchev–Trinajstić information content (AvgIpc) is 3.00. The van der Waals surface area contributed by atoms with Gasteiger partial charge in [-0.2, -0.15) is 0 Å². The van der Waals surface area contributed by atoms with Gasteiger partial charge in [0.15, 0.2) is 0 Å². The Morgan fingerprint density at radius 3 is 2.54 bits per heavy atom. The smallest absolute Gasteiger partial charge is 0.222 e. The van der Waals surface area contributed by atoms with Crippen molar-refractivity contribution in [2.24, 2.45) is 11.7 Å². The Kier molecular flexibility index (Phi) is 8.79. The monoisotopic (exact) mass is 353 g/mol. The first-order valence-corrected chi connectivity index (χ1v) is 8.45. The zero-order valence-electron chi connectivity index (χ0n) is 14.2. The van der Waals surface area contributed by atoms with Crippen LogP contribution in [0.4, 0.5) is 0 Å². The lowest BCUT2D eigenvalue weighted by atomic mass is 9.89. The van der Waals surface area contributed by atoms with Crippen molar-refractivity contribution in [2.45, 2.75) is 32.1 Å². The Balaban J connectivity index is 0.00000288. The van der Waals surface area contributed by atoms with E-state index in [-0.39, 0.29) is 24.2 Å². The molecule has 5 nitrogen and oxygen atoms in total. The van der Waals surface area contributed by atoms with Gasteiger partial charge in [-0.1, -0.05) is 30.3 Å². The molecular weight excluding hydrogens is 326 g/mol. The second-order valence-corrected chi connectivity index (χ2v) is 6.12. The van der Waals surface area contributed by atoms with Gasteiger partial charge in [-0.05, 0) is 31.4 Å². The Morgan fingerprint density at radius 1 is 1.21 bits per heavy atom. The first-order valence-electron chi connectivity index (χ1n) is 8.45. The highest BCUT2D eigenvalue weighted by atomic mass is 35.5. The molecule has 134 valence electrons. The third-order valence-corrected chi connectivity index (χ3v) is 4.49. The highest BCUT2D eigenvalue weighted by Gasteiger charge is 2.34. The van der Waals surface area contributed by atoms with Crippen LogP contribution in [0.25, 0.3) is 0 Å². The second-order valence-electron chi connectivity index (χ2n) is 6.12. The lowest BCUT2D eigenvalue weighted by molar-refractivity contribution is -0.130. The predicted molar refractivity (Wildman–Crippen MR) is 98.1 cm³/mol. The van der Waals surface area contributed by atoms with E-state index >= 15 is 0 Å². The van der Waals surface area contributed by atoms with Crippen LogP contribution in [0.5, 0.6) is 0 Å². The van der Waals surface area contributed by atoms with Crippen LogP contribution in [0.15, 0.2) is 30.3 Å². The summed E-state index contributed by atoms with van der Waals surface area (Å²) in [5.41, 5.74) is 7.16. The van der Waals surface area contributed by atoms with Crippen molar-refractivity contribution in [2.75, 3.05) is 26.2 Å². The largest absolute Gasteiger partial charge is 0.356 e. The number of halogens is 1. The summed E-state index contributed by atoms with van der Waals surface area (Å²) < 4.78 is 0. The van der Waals surface area contributed by atoms with Gasteiger partial charge in [-0.3, -0.25) is 9.59 Å². The maximum Gasteiger partial charge on any atom is 0.222 e. The molecule has 2 rings (SSSR count). The Morgan fingerprint density at radius 2 is 1.92 bits per heavy atom. The molecule has 0 bridgehead atoms. The van der Waals surface area contributed by atoms with Gasteiger partial charge in [-0.25, -0.2) is 0 Å². The van der Waals surface area contributed by atoms with E-state index in [0.29, 0.717) is 44.2 Å². The lowest BCUT2D eigenvalue weighted by Crippen LogP contribution is -2.30. The van der Waals surface area contributed by atoms with Crippen LogP contribution >= 0.6 is 12.4 Å². The molecule has 1 heterocycles. The highest BCUT2D eigenvalue weighted by Crippen LogP contribution is 2.32. The summed E-state index contributed by atoms with van der Waals surface area (Å²) in [6.45, 7) is 4.56. The van der Waals surface area contributed by atoms with Crippen LogP contribution in [0, 0.1) is 5.92 Å². The number of likely N-dealkylation sites (tertiary alicyclic amines) is 1. The van der Waals surface area contributed by atoms with Crippen molar-refractivity contribution in [1.82, 2.24) is 10.2 Å². The van der Waals surface area contributed by atoms with Crippen molar-refractivity contribution in [3.63, 3.8) is 0 Å². The summed E-state index contributed by atoms with van der Waals surface area (Å²) >= 11 is 0. The van der Waals surface area contributed by atoms with Crippen molar-refractivity contribution in [1.29, 1.82) is 0 Å². The van der Waals surface area contributed by atoms with Gasteiger partial charge in [0, 0.05) is 38.4 Å². The zero-order chi connectivity index (χ0) is 16.7. The number of hydrogen-bond donors (Lipinski definition) is 2. The quantitative estimate of drug-likeness (QED) is 0.786. The molecule has 0 aromatic heterocycles. The number of hydrogen-bond acceptors (Lipinski definition) is 3. The fraction of sp³-hybridized carbons (Fsp3) is 0.556. The van der Waals surface area contributed by atoms with Crippen molar-refractivity contribution >= 4 is 24.2 Å². The van der Waals surface area contributed by atoms with E-state index in [1.165, 1.54) is 5.56 Å². The first kappa shape index (κ1) is 20.5. The molecule has 1 saturated heterocycles. The summed E-state index contributed by atoms with van der Waals surface area (Å²) in [5, 5.41) is 2.75. The topological polar surface area (TPSA) is 75.4 Å². The normalized spacial score (nSPS) is 19.7. The van der Waals surface area contributed by atoms with E-state index in [9.17, 15) is 9.59 Å². The number of amides is 2. The van der Waals surface area contributed by atoms with E-state index in [2.05, 4.69) is 17.4 Å². The van der Waals surface area contributed by atoms with Crippen LogP contribution in [0.2, 0.25) is 0 Å². The van der Waals surface area contributed by atoms with E-state index in [1.54, 1.807) is 0 Å². The number of benzene rings is 1. The molecule has 2 atom stereocenters. The fourth-order valence-corrected chi connectivity index (χ4v) is 3.24. The molecule has 6 heteroatoms. The summed E-state index contributed by atoms with van der Waals surface area (Å²) in [7, 11) is 0. The fourth-order valence-electron chi connectivity index (χ4n) is 3.24. The zero-order valence-corrected chi connectivity index (χ0v) is 15.1. The maximum absolute atomic E-state index is 12.4. The van der Waals surface area contributed by atoms with E-state index in [1.807, 2.05) is 30.0 Å². The van der Waals surface area contributed by atoms with Crippen molar-refractivity contribution in [3.05, 3.63) is 35.9 Å². The highest BCUT2D eigenvalue weighted by molar-refractivity contribution is 5.85. The van der Waals surface area contributed by atoms with Crippen LogP contribution in [-0.4, -0.2) is 42.9 Å². The van der Waals surface area contributed by atoms with Crippen LogP contribution in [-0.2, 0) is 9.59 Å². The minimum absolute atomic E-state index is 0. The Hall–Kier alpha value is -1.59. The molecule has 1 aliphatic rings. The molecular formula is C18H28ClN3O2. The second kappa shape index (κ2) is 10.3. The third kappa shape index (κ3) is 5.49. The van der Waals surface area contributed by atoms with Crippen LogP contribution < -0.4 is 11.1 Å². The first-order chi connectivity index (χ1) is 11.2. The minimum Gasteiger partial charge on any atom is -0.356 e. The molecule has 1 aromatic carbocycles. The summed E-state index contributed by atoms with van der Waals surface area (Å²) in [6, 6.07) is 10.3. The molecule has 3 N–H and O–H groups in total. The molecule has 24 heavy (non-hydrogen) atoms. The molecule has 2 amide bonds. The minimum atomic E-state index is 0. The van der Waals surface area contributed by atoms with Crippen LogP contribution in [0.1, 0.15) is 37.7 Å². The standard InChI is InChI=1S/C18H27N3O2.ClH/c1-2-20-17(22)9-6-10-18(23)21-12-15(11-19)16(13-21)14-7-4-3-5-8-14;/h3-5,7-8,15-16H,2,6,9-13,19H2,1H3,(H,20,22);1H/t15-,16+;/m1./s1. The van der Waals surface area contributed by atoms with Crippen molar-refractivity contribution in [3.8, 4) is 0 Å². The van der Waals surface area contributed by atoms with Gasteiger partial charge in [0.25, 0.3) is 0 Å². The summed E-state index contributed by atoms with van der Waals surface area (Å²) in [4.78, 5) is 25.7. The molecule has 0 aliphatic carbocycles. The maximum atomic E-state index is 12.4. The molecule has 0 spiro atoms. The van der Waals surface area contributed by atoms with Gasteiger partial charge in [0.2, 0.25) is 11.8 Å². The SMILES string of the molecule is CCNC(=O)CCCC(=O)N1C[C@@H](CN)[C@H](c2ccccc2)C1.Cl. The summed E-state index contributed by atoms with van der Waals surface area (Å²) in [6.07, 6.45) is 1.44. The summed E-state index contributed by atoms with van der Waals surface area (Å²) in [5.74, 6) is 0.771. The Bertz CT molecular complexity index is 524. The molecule has 1 aliphatic heterocycles. The van der Waals surface area contributed by atoms with Gasteiger partial charge in [0.05, 0.1) is 0 Å². The van der Waals surface area contributed by atoms with Gasteiger partial charge >= 0.3 is 0 Å².